The first-order valence-electron chi connectivity index (χ1n) is 5.45. The van der Waals surface area contributed by atoms with Crippen LogP contribution in [0.15, 0.2) is 4.90 Å². The summed E-state index contributed by atoms with van der Waals surface area (Å²) in [6.07, 6.45) is 3.27. The molecule has 0 atom stereocenters. The van der Waals surface area contributed by atoms with Crippen molar-refractivity contribution in [3.8, 4) is 0 Å². The Labute approximate surface area is 97.4 Å². The normalized spacial score (nSPS) is 12.0. The van der Waals surface area contributed by atoms with Crippen molar-refractivity contribution in [1.29, 1.82) is 0 Å². The Hall–Kier alpha value is -0.970. The molecule has 0 saturated heterocycles. The van der Waals surface area contributed by atoms with E-state index in [9.17, 15) is 8.42 Å². The summed E-state index contributed by atoms with van der Waals surface area (Å²) in [4.78, 5) is 0.293. The van der Waals surface area contributed by atoms with Crippen LogP contribution in [0.25, 0.3) is 0 Å². The van der Waals surface area contributed by atoms with E-state index in [1.165, 1.54) is 6.26 Å². The molecule has 0 aliphatic rings. The zero-order valence-corrected chi connectivity index (χ0v) is 11.2. The van der Waals surface area contributed by atoms with E-state index in [4.69, 9.17) is 5.73 Å². The Morgan fingerprint density at radius 1 is 1.31 bits per heavy atom. The summed E-state index contributed by atoms with van der Waals surface area (Å²) in [5.74, 6) is 0.381. The molecule has 4 nitrogen and oxygen atoms in total. The van der Waals surface area contributed by atoms with Crippen molar-refractivity contribution in [1.82, 2.24) is 4.57 Å². The fourth-order valence-electron chi connectivity index (χ4n) is 1.93. The minimum absolute atomic E-state index is 0.293. The maximum absolute atomic E-state index is 11.6. The van der Waals surface area contributed by atoms with Gasteiger partial charge in [-0.25, -0.2) is 8.42 Å². The zero-order chi connectivity index (χ0) is 12.5. The number of sulfone groups is 1. The second-order valence-electron chi connectivity index (χ2n) is 4.20. The lowest BCUT2D eigenvalue weighted by molar-refractivity contribution is 0.600. The van der Waals surface area contributed by atoms with Crippen molar-refractivity contribution in [3.05, 3.63) is 11.3 Å². The van der Waals surface area contributed by atoms with Gasteiger partial charge in [0.15, 0.2) is 9.84 Å². The topological polar surface area (TPSA) is 65.1 Å². The third kappa shape index (κ3) is 2.24. The highest BCUT2D eigenvalue weighted by Gasteiger charge is 2.22. The summed E-state index contributed by atoms with van der Waals surface area (Å²) in [7, 11) is -3.24. The van der Waals surface area contributed by atoms with Crippen molar-refractivity contribution in [2.75, 3.05) is 12.0 Å². The number of aromatic nitrogens is 1. The predicted octanol–water partition coefficient (Wildman–Crippen LogP) is 1.89. The summed E-state index contributed by atoms with van der Waals surface area (Å²) < 4.78 is 25.1. The van der Waals surface area contributed by atoms with E-state index in [0.717, 1.165) is 30.6 Å². The first kappa shape index (κ1) is 13.1. The molecule has 0 aliphatic heterocycles. The highest BCUT2D eigenvalue weighted by molar-refractivity contribution is 7.91. The number of nitrogens with two attached hydrogens (primary N) is 1. The molecule has 2 N–H and O–H groups in total. The molecule has 16 heavy (non-hydrogen) atoms. The molecule has 92 valence electrons. The van der Waals surface area contributed by atoms with Gasteiger partial charge in [0.25, 0.3) is 0 Å². The van der Waals surface area contributed by atoms with Crippen molar-refractivity contribution in [3.63, 3.8) is 0 Å². The highest BCUT2D eigenvalue weighted by Crippen LogP contribution is 2.28. The maximum atomic E-state index is 11.6. The molecule has 0 bridgehead atoms. The molecule has 1 rings (SSSR count). The van der Waals surface area contributed by atoms with E-state index < -0.39 is 9.84 Å². The Bertz CT molecular complexity index is 487. The molecule has 0 aliphatic carbocycles. The first-order valence-corrected chi connectivity index (χ1v) is 7.35. The fraction of sp³-hybridized carbons (Fsp3) is 0.636. The summed E-state index contributed by atoms with van der Waals surface area (Å²) in [5, 5.41) is 0. The van der Waals surface area contributed by atoms with Crippen LogP contribution in [-0.4, -0.2) is 19.2 Å². The lowest BCUT2D eigenvalue weighted by atomic mass is 10.3. The Morgan fingerprint density at radius 3 is 2.25 bits per heavy atom. The quantitative estimate of drug-likeness (QED) is 0.879. The smallest absolute Gasteiger partial charge is 0.179 e. The van der Waals surface area contributed by atoms with E-state index in [2.05, 4.69) is 6.92 Å². The van der Waals surface area contributed by atoms with Gasteiger partial charge in [-0.15, -0.1) is 0 Å². The molecule has 5 heteroatoms. The average molecular weight is 244 g/mol. The van der Waals surface area contributed by atoms with Gasteiger partial charge < -0.3 is 10.3 Å². The SMILES string of the molecule is CCCCn1c(C)c(C)c(S(C)(=O)=O)c1N. The Balaban J connectivity index is 3.34. The van der Waals surface area contributed by atoms with Crippen molar-refractivity contribution in [2.24, 2.45) is 0 Å². The molecule has 0 aromatic carbocycles. The standard InChI is InChI=1S/C11H20N2O2S/c1-5-6-7-13-9(3)8(2)10(11(13)12)16(4,14)15/h5-7,12H2,1-4H3. The minimum atomic E-state index is -3.24. The monoisotopic (exact) mass is 244 g/mol. The molecular weight excluding hydrogens is 224 g/mol. The second-order valence-corrected chi connectivity index (χ2v) is 6.15. The lowest BCUT2D eigenvalue weighted by Crippen LogP contribution is -2.07. The number of anilines is 1. The number of rotatable bonds is 4. The first-order chi connectivity index (χ1) is 7.30. The number of unbranched alkanes of at least 4 members (excludes halogenated alkanes) is 1. The van der Waals surface area contributed by atoms with Crippen LogP contribution in [0, 0.1) is 13.8 Å². The molecule has 0 unspecified atom stereocenters. The predicted molar refractivity (Wildman–Crippen MR) is 66.3 cm³/mol. The lowest BCUT2D eigenvalue weighted by Gasteiger charge is -2.07. The molecule has 0 amide bonds. The van der Waals surface area contributed by atoms with Crippen LogP contribution >= 0.6 is 0 Å². The van der Waals surface area contributed by atoms with Crippen LogP contribution in [0.5, 0.6) is 0 Å². The summed E-state index contributed by atoms with van der Waals surface area (Å²) >= 11 is 0. The van der Waals surface area contributed by atoms with Gasteiger partial charge >= 0.3 is 0 Å². The van der Waals surface area contributed by atoms with Gasteiger partial charge in [-0.1, -0.05) is 13.3 Å². The number of nitrogen functional groups attached to an aromatic ring is 1. The van der Waals surface area contributed by atoms with Crippen LogP contribution in [0.2, 0.25) is 0 Å². The zero-order valence-electron chi connectivity index (χ0n) is 10.4. The van der Waals surface area contributed by atoms with E-state index in [1.807, 2.05) is 18.4 Å². The largest absolute Gasteiger partial charge is 0.384 e. The van der Waals surface area contributed by atoms with Gasteiger partial charge in [-0.2, -0.15) is 0 Å². The average Bonchev–Trinajstić information content (AvgIpc) is 2.35. The molecule has 0 spiro atoms. The number of hydrogen-bond donors (Lipinski definition) is 1. The number of hydrogen-bond acceptors (Lipinski definition) is 3. The Morgan fingerprint density at radius 2 is 1.88 bits per heavy atom. The van der Waals surface area contributed by atoms with Crippen LogP contribution in [0.3, 0.4) is 0 Å². The molecule has 0 radical (unpaired) electrons. The Kier molecular flexibility index (Phi) is 3.68. The highest BCUT2D eigenvalue weighted by atomic mass is 32.2. The van der Waals surface area contributed by atoms with Crippen LogP contribution in [0.1, 0.15) is 31.0 Å². The van der Waals surface area contributed by atoms with E-state index >= 15 is 0 Å². The van der Waals surface area contributed by atoms with Gasteiger partial charge in [0.2, 0.25) is 0 Å². The second kappa shape index (κ2) is 4.49. The van der Waals surface area contributed by atoms with Gasteiger partial charge in [-0.3, -0.25) is 0 Å². The van der Waals surface area contributed by atoms with Gasteiger partial charge in [0, 0.05) is 18.5 Å². The van der Waals surface area contributed by atoms with Crippen LogP contribution < -0.4 is 5.73 Å². The molecule has 0 saturated carbocycles. The molecule has 1 aromatic rings. The molecule has 1 aromatic heterocycles. The summed E-state index contributed by atoms with van der Waals surface area (Å²) in [5.41, 5.74) is 7.64. The molecule has 0 fully saturated rings. The van der Waals surface area contributed by atoms with Crippen molar-refractivity contribution < 1.29 is 8.42 Å². The summed E-state index contributed by atoms with van der Waals surface area (Å²) in [6.45, 7) is 6.60. The fourth-order valence-corrected chi connectivity index (χ4v) is 3.13. The van der Waals surface area contributed by atoms with E-state index in [-0.39, 0.29) is 0 Å². The van der Waals surface area contributed by atoms with Crippen LogP contribution in [0.4, 0.5) is 5.82 Å². The third-order valence-electron chi connectivity index (χ3n) is 2.92. The minimum Gasteiger partial charge on any atom is -0.384 e. The maximum Gasteiger partial charge on any atom is 0.179 e. The third-order valence-corrected chi connectivity index (χ3v) is 4.17. The summed E-state index contributed by atoms with van der Waals surface area (Å²) in [6, 6.07) is 0. The molecule has 1 heterocycles. The van der Waals surface area contributed by atoms with E-state index in [0.29, 0.717) is 10.7 Å². The van der Waals surface area contributed by atoms with Crippen LogP contribution in [-0.2, 0) is 16.4 Å². The molecular formula is C11H20N2O2S. The van der Waals surface area contributed by atoms with E-state index in [1.54, 1.807) is 0 Å². The number of nitrogens with zero attached hydrogens (tertiary/aromatic N) is 1. The van der Waals surface area contributed by atoms with Gasteiger partial charge in [0.05, 0.1) is 0 Å². The van der Waals surface area contributed by atoms with Crippen molar-refractivity contribution in [2.45, 2.75) is 45.1 Å². The van der Waals surface area contributed by atoms with Gasteiger partial charge in [-0.05, 0) is 25.8 Å². The van der Waals surface area contributed by atoms with Gasteiger partial charge in [0.1, 0.15) is 10.7 Å². The van der Waals surface area contributed by atoms with Crippen molar-refractivity contribution >= 4 is 15.7 Å².